The molecule has 1 rings (SSSR count). The monoisotopic (exact) mass is 362 g/mol. The molecule has 0 aliphatic heterocycles. The van der Waals surface area contributed by atoms with Crippen LogP contribution in [0.5, 0.6) is 5.75 Å². The first-order chi connectivity index (χ1) is 8.28. The molecular formula is C14H19IO3. The van der Waals surface area contributed by atoms with Crippen LogP contribution in [0.1, 0.15) is 32.8 Å². The summed E-state index contributed by atoms with van der Waals surface area (Å²) in [5.74, 6) is 0.0997. The van der Waals surface area contributed by atoms with Crippen LogP contribution in [0.2, 0.25) is 0 Å². The fourth-order valence-electron chi connectivity index (χ4n) is 1.32. The molecule has 0 aromatic heterocycles. The summed E-state index contributed by atoms with van der Waals surface area (Å²) in [6.45, 7) is 6.53. The topological polar surface area (TPSA) is 46.5 Å². The Balaban J connectivity index is 2.40. The van der Waals surface area contributed by atoms with Crippen molar-refractivity contribution >= 4 is 28.6 Å². The van der Waals surface area contributed by atoms with Crippen molar-refractivity contribution in [2.24, 2.45) is 5.41 Å². The molecule has 0 saturated heterocycles. The van der Waals surface area contributed by atoms with Gasteiger partial charge in [-0.25, -0.2) is 0 Å². The Labute approximate surface area is 122 Å². The van der Waals surface area contributed by atoms with Crippen molar-refractivity contribution in [3.8, 4) is 5.75 Å². The van der Waals surface area contributed by atoms with E-state index in [9.17, 15) is 9.90 Å². The van der Waals surface area contributed by atoms with Crippen molar-refractivity contribution < 1.29 is 14.6 Å². The van der Waals surface area contributed by atoms with Gasteiger partial charge in [-0.05, 0) is 52.1 Å². The molecule has 18 heavy (non-hydrogen) atoms. The SMILES string of the molecule is CC(C)(C)COC(=O)CCc1ccc(O)c(I)c1. The summed E-state index contributed by atoms with van der Waals surface area (Å²) < 4.78 is 5.99. The summed E-state index contributed by atoms with van der Waals surface area (Å²) >= 11 is 2.07. The zero-order valence-corrected chi connectivity index (χ0v) is 13.2. The maximum atomic E-state index is 11.5. The number of phenols is 1. The van der Waals surface area contributed by atoms with Crippen LogP contribution >= 0.6 is 22.6 Å². The number of carbonyl (C=O) groups is 1. The molecular weight excluding hydrogens is 343 g/mol. The lowest BCUT2D eigenvalue weighted by atomic mass is 9.99. The summed E-state index contributed by atoms with van der Waals surface area (Å²) in [4.78, 5) is 11.5. The zero-order valence-electron chi connectivity index (χ0n) is 11.0. The Morgan fingerprint density at radius 2 is 2.06 bits per heavy atom. The molecule has 0 unspecified atom stereocenters. The number of aryl methyl sites for hydroxylation is 1. The third-order valence-corrected chi connectivity index (χ3v) is 3.16. The predicted molar refractivity (Wildman–Crippen MR) is 79.6 cm³/mol. The number of carbonyl (C=O) groups excluding carboxylic acids is 1. The van der Waals surface area contributed by atoms with Crippen molar-refractivity contribution in [3.63, 3.8) is 0 Å². The molecule has 0 radical (unpaired) electrons. The minimum Gasteiger partial charge on any atom is -0.507 e. The van der Waals surface area contributed by atoms with Crippen LogP contribution in [0.3, 0.4) is 0 Å². The Morgan fingerprint density at radius 1 is 1.39 bits per heavy atom. The van der Waals surface area contributed by atoms with Crippen molar-refractivity contribution in [2.75, 3.05) is 6.61 Å². The normalized spacial score (nSPS) is 11.3. The van der Waals surface area contributed by atoms with Gasteiger partial charge in [0, 0.05) is 6.42 Å². The second-order valence-electron chi connectivity index (χ2n) is 5.51. The second kappa shape index (κ2) is 6.41. The zero-order chi connectivity index (χ0) is 13.8. The Bertz CT molecular complexity index is 422. The van der Waals surface area contributed by atoms with Gasteiger partial charge < -0.3 is 9.84 Å². The molecule has 0 spiro atoms. The summed E-state index contributed by atoms with van der Waals surface area (Å²) in [6, 6.07) is 5.36. The highest BCUT2D eigenvalue weighted by Gasteiger charge is 2.13. The highest BCUT2D eigenvalue weighted by Crippen LogP contribution is 2.21. The predicted octanol–water partition coefficient (Wildman–Crippen LogP) is 3.52. The molecule has 0 aliphatic rings. The van der Waals surface area contributed by atoms with Crippen LogP contribution in [0, 0.1) is 8.99 Å². The van der Waals surface area contributed by atoms with Crippen LogP contribution in [0.4, 0.5) is 0 Å². The molecule has 4 heteroatoms. The van der Waals surface area contributed by atoms with Gasteiger partial charge in [0.1, 0.15) is 5.75 Å². The smallest absolute Gasteiger partial charge is 0.306 e. The lowest BCUT2D eigenvalue weighted by Crippen LogP contribution is -2.18. The van der Waals surface area contributed by atoms with E-state index < -0.39 is 0 Å². The molecule has 0 saturated carbocycles. The molecule has 0 amide bonds. The number of halogens is 1. The van der Waals surface area contributed by atoms with Gasteiger partial charge in [0.2, 0.25) is 0 Å². The number of rotatable bonds is 4. The van der Waals surface area contributed by atoms with Crippen LogP contribution < -0.4 is 0 Å². The van der Waals surface area contributed by atoms with E-state index >= 15 is 0 Å². The highest BCUT2D eigenvalue weighted by molar-refractivity contribution is 14.1. The number of esters is 1. The highest BCUT2D eigenvalue weighted by atomic mass is 127. The Morgan fingerprint density at radius 3 is 2.61 bits per heavy atom. The molecule has 1 aromatic rings. The minimum absolute atomic E-state index is 0.00355. The van der Waals surface area contributed by atoms with Crippen molar-refractivity contribution in [3.05, 3.63) is 27.3 Å². The molecule has 0 atom stereocenters. The summed E-state index contributed by atoms with van der Waals surface area (Å²) in [6.07, 6.45) is 1.01. The van der Waals surface area contributed by atoms with Crippen molar-refractivity contribution in [2.45, 2.75) is 33.6 Å². The van der Waals surface area contributed by atoms with Crippen LogP contribution in [-0.2, 0) is 16.0 Å². The number of aromatic hydroxyl groups is 1. The molecule has 1 aromatic carbocycles. The lowest BCUT2D eigenvalue weighted by Gasteiger charge is -2.17. The van der Waals surface area contributed by atoms with E-state index in [1.54, 1.807) is 6.07 Å². The third-order valence-electron chi connectivity index (χ3n) is 2.30. The van der Waals surface area contributed by atoms with Gasteiger partial charge in [-0.2, -0.15) is 0 Å². The average molecular weight is 362 g/mol. The van der Waals surface area contributed by atoms with E-state index in [0.717, 1.165) is 9.13 Å². The van der Waals surface area contributed by atoms with E-state index in [1.165, 1.54) is 0 Å². The number of hydrogen-bond acceptors (Lipinski definition) is 3. The Hall–Kier alpha value is -0.780. The molecule has 0 aliphatic carbocycles. The van der Waals surface area contributed by atoms with Crippen LogP contribution in [0.15, 0.2) is 18.2 Å². The first-order valence-electron chi connectivity index (χ1n) is 5.91. The van der Waals surface area contributed by atoms with Crippen LogP contribution in [-0.4, -0.2) is 17.7 Å². The first-order valence-corrected chi connectivity index (χ1v) is 6.99. The van der Waals surface area contributed by atoms with Gasteiger partial charge in [-0.3, -0.25) is 4.79 Å². The molecule has 0 bridgehead atoms. The molecule has 3 nitrogen and oxygen atoms in total. The van der Waals surface area contributed by atoms with Gasteiger partial charge in [0.15, 0.2) is 0 Å². The maximum absolute atomic E-state index is 11.5. The van der Waals surface area contributed by atoms with Gasteiger partial charge in [-0.15, -0.1) is 0 Å². The van der Waals surface area contributed by atoms with Gasteiger partial charge in [-0.1, -0.05) is 26.8 Å². The number of phenolic OH excluding ortho intramolecular Hbond substituents is 1. The number of benzene rings is 1. The van der Waals surface area contributed by atoms with E-state index in [4.69, 9.17) is 4.74 Å². The maximum Gasteiger partial charge on any atom is 0.306 e. The third kappa shape index (κ3) is 5.71. The summed E-state index contributed by atoms with van der Waals surface area (Å²) in [5.41, 5.74) is 1.04. The first kappa shape index (κ1) is 15.3. The van der Waals surface area contributed by atoms with E-state index in [1.807, 2.05) is 32.9 Å². The van der Waals surface area contributed by atoms with Gasteiger partial charge >= 0.3 is 5.97 Å². The molecule has 0 heterocycles. The second-order valence-corrected chi connectivity index (χ2v) is 6.67. The van der Waals surface area contributed by atoms with Crippen molar-refractivity contribution in [1.82, 2.24) is 0 Å². The fourth-order valence-corrected chi connectivity index (χ4v) is 1.90. The number of ether oxygens (including phenoxy) is 1. The summed E-state index contributed by atoms with van der Waals surface area (Å²) in [7, 11) is 0. The summed E-state index contributed by atoms with van der Waals surface area (Å²) in [5, 5.41) is 9.40. The minimum atomic E-state index is -0.173. The van der Waals surface area contributed by atoms with Gasteiger partial charge in [0.05, 0.1) is 10.2 Å². The average Bonchev–Trinajstić information content (AvgIpc) is 2.27. The number of hydrogen-bond donors (Lipinski definition) is 1. The molecule has 100 valence electrons. The Kier molecular flexibility index (Phi) is 5.44. The van der Waals surface area contributed by atoms with E-state index in [-0.39, 0.29) is 17.1 Å². The molecule has 0 fully saturated rings. The lowest BCUT2D eigenvalue weighted by molar-refractivity contribution is -0.146. The van der Waals surface area contributed by atoms with Gasteiger partial charge in [0.25, 0.3) is 0 Å². The largest absolute Gasteiger partial charge is 0.507 e. The molecule has 1 N–H and O–H groups in total. The van der Waals surface area contributed by atoms with E-state index in [2.05, 4.69) is 22.6 Å². The quantitative estimate of drug-likeness (QED) is 0.659. The standard InChI is InChI=1S/C14H19IO3/c1-14(2,3)9-18-13(17)7-5-10-4-6-12(16)11(15)8-10/h4,6,8,16H,5,7,9H2,1-3H3. The van der Waals surface area contributed by atoms with E-state index in [0.29, 0.717) is 19.4 Å². The van der Waals surface area contributed by atoms with Crippen LogP contribution in [0.25, 0.3) is 0 Å². The fraction of sp³-hybridized carbons (Fsp3) is 0.500. The van der Waals surface area contributed by atoms with Crippen molar-refractivity contribution in [1.29, 1.82) is 0 Å².